The fourth-order valence-electron chi connectivity index (χ4n) is 5.26. The fourth-order valence-corrected chi connectivity index (χ4v) is 5.26. The predicted octanol–water partition coefficient (Wildman–Crippen LogP) is 2.91. The molecule has 0 atom stereocenters. The molecule has 0 spiro atoms. The van der Waals surface area contributed by atoms with Gasteiger partial charge in [0, 0.05) is 12.8 Å². The molecule has 0 unspecified atom stereocenters. The highest BCUT2D eigenvalue weighted by Gasteiger charge is 2.10. The van der Waals surface area contributed by atoms with Crippen LogP contribution in [0.15, 0.2) is 46.6 Å². The molecule has 328 valence electrons. The number of ether oxygens (including phenoxy) is 12. The van der Waals surface area contributed by atoms with Crippen LogP contribution in [0.2, 0.25) is 0 Å². The van der Waals surface area contributed by atoms with Gasteiger partial charge in [0.2, 0.25) is 11.8 Å². The Hall–Kier alpha value is -4.40. The number of hydrogen-bond acceptors (Lipinski definition) is 16. The van der Waals surface area contributed by atoms with Crippen molar-refractivity contribution in [1.82, 2.24) is 10.9 Å². The Morgan fingerprint density at radius 3 is 1.02 bits per heavy atom. The Kier molecular flexibility index (Phi) is 25.3. The molecule has 2 aromatic carbocycles. The van der Waals surface area contributed by atoms with Gasteiger partial charge < -0.3 is 56.8 Å². The number of carbonyl (C=O) groups is 2. The molecule has 4 rings (SSSR count). The normalized spacial score (nSPS) is 18.2. The number of amides is 2. The third kappa shape index (κ3) is 22.5. The molecule has 0 aromatic heterocycles. The minimum atomic E-state index is -0.228. The Bertz CT molecular complexity index is 1400. The number of hydrazone groups is 2. The van der Waals surface area contributed by atoms with Crippen LogP contribution in [0.5, 0.6) is 23.0 Å². The molecular weight excluding hydrogens is 772 g/mol. The van der Waals surface area contributed by atoms with E-state index in [4.69, 9.17) is 56.8 Å². The van der Waals surface area contributed by atoms with E-state index in [1.54, 1.807) is 24.3 Å². The maximum absolute atomic E-state index is 12.4. The van der Waals surface area contributed by atoms with Crippen molar-refractivity contribution in [2.24, 2.45) is 10.2 Å². The van der Waals surface area contributed by atoms with E-state index in [1.807, 2.05) is 12.1 Å². The van der Waals surface area contributed by atoms with Crippen molar-refractivity contribution < 1.29 is 66.4 Å². The van der Waals surface area contributed by atoms with E-state index in [2.05, 4.69) is 21.1 Å². The number of benzene rings is 2. The first-order valence-corrected chi connectivity index (χ1v) is 20.2. The first-order valence-electron chi connectivity index (χ1n) is 20.2. The van der Waals surface area contributed by atoms with E-state index in [9.17, 15) is 9.59 Å². The van der Waals surface area contributed by atoms with Gasteiger partial charge in [-0.25, -0.2) is 10.9 Å². The first kappa shape index (κ1) is 47.3. The summed E-state index contributed by atoms with van der Waals surface area (Å²) in [5.74, 6) is 1.70. The summed E-state index contributed by atoms with van der Waals surface area (Å²) in [5, 5.41) is 8.20. The van der Waals surface area contributed by atoms with Crippen LogP contribution in [0.25, 0.3) is 0 Å². The van der Waals surface area contributed by atoms with Crippen molar-refractivity contribution in [2.45, 2.75) is 32.1 Å². The Morgan fingerprint density at radius 2 is 0.695 bits per heavy atom. The molecule has 0 bridgehead atoms. The largest absolute Gasteiger partial charge is 0.487 e. The molecule has 0 saturated heterocycles. The van der Waals surface area contributed by atoms with Crippen LogP contribution in [0.1, 0.15) is 43.2 Å². The number of nitrogens with zero attached hydrogens (tertiary/aromatic N) is 2. The lowest BCUT2D eigenvalue weighted by molar-refractivity contribution is -0.121. The van der Waals surface area contributed by atoms with Gasteiger partial charge in [-0.3, -0.25) is 9.59 Å². The quantitative estimate of drug-likeness (QED) is 0.202. The summed E-state index contributed by atoms with van der Waals surface area (Å²) in [4.78, 5) is 24.8. The zero-order valence-corrected chi connectivity index (χ0v) is 33.9. The van der Waals surface area contributed by atoms with Crippen LogP contribution in [0.4, 0.5) is 0 Å². The molecule has 0 aliphatic carbocycles. The van der Waals surface area contributed by atoms with Crippen molar-refractivity contribution in [2.75, 3.05) is 132 Å². The summed E-state index contributed by atoms with van der Waals surface area (Å²) in [6.45, 7) is 8.54. The van der Waals surface area contributed by atoms with Crippen molar-refractivity contribution in [3.8, 4) is 23.0 Å². The second-order valence-corrected chi connectivity index (χ2v) is 12.9. The summed E-state index contributed by atoms with van der Waals surface area (Å²) < 4.78 is 67.8. The standard InChI is InChI=1S/C41H60N4O14/c46-40(44-42-32-34-6-8-36-38(30-34)58-28-24-54-20-16-50-12-10-48-14-18-52-22-26-56-36)4-2-1-3-5-41(47)45-43-33-35-7-9-37-39(31-35)59-29-25-55-21-17-51-13-11-49-15-19-53-23-27-57-37/h6-9,30-33H,1-5,10-29H2,(H,44,46)(H,45,47)/b42-32+,43-33+. The predicted molar refractivity (Wildman–Crippen MR) is 216 cm³/mol. The molecule has 2 aliphatic heterocycles. The van der Waals surface area contributed by atoms with E-state index >= 15 is 0 Å². The maximum atomic E-state index is 12.4. The highest BCUT2D eigenvalue weighted by molar-refractivity contribution is 5.84. The van der Waals surface area contributed by atoms with Crippen molar-refractivity contribution in [1.29, 1.82) is 0 Å². The van der Waals surface area contributed by atoms with Gasteiger partial charge in [0.05, 0.1) is 118 Å². The van der Waals surface area contributed by atoms with Gasteiger partial charge in [-0.15, -0.1) is 0 Å². The van der Waals surface area contributed by atoms with E-state index < -0.39 is 0 Å². The first-order chi connectivity index (χ1) is 29.2. The number of rotatable bonds is 10. The maximum Gasteiger partial charge on any atom is 0.240 e. The second kappa shape index (κ2) is 31.5. The van der Waals surface area contributed by atoms with Gasteiger partial charge >= 0.3 is 0 Å². The summed E-state index contributed by atoms with van der Waals surface area (Å²) in [5.41, 5.74) is 6.54. The molecule has 2 amide bonds. The molecule has 0 radical (unpaired) electrons. The Balaban J connectivity index is 1.12. The lowest BCUT2D eigenvalue weighted by Gasteiger charge is -2.14. The third-order valence-electron chi connectivity index (χ3n) is 8.22. The van der Waals surface area contributed by atoms with Crippen molar-refractivity contribution in [3.05, 3.63) is 47.5 Å². The Morgan fingerprint density at radius 1 is 0.407 bits per heavy atom. The zero-order chi connectivity index (χ0) is 41.3. The van der Waals surface area contributed by atoms with E-state index in [1.165, 1.54) is 12.4 Å². The van der Waals surface area contributed by atoms with Crippen LogP contribution < -0.4 is 29.8 Å². The molecule has 0 fully saturated rings. The number of fused-ring (bicyclic) bond motifs is 2. The van der Waals surface area contributed by atoms with E-state index in [0.717, 1.165) is 0 Å². The highest BCUT2D eigenvalue weighted by Crippen LogP contribution is 2.29. The van der Waals surface area contributed by atoms with Crippen LogP contribution in [0, 0.1) is 0 Å². The summed E-state index contributed by atoms with van der Waals surface area (Å²) in [6.07, 6.45) is 5.50. The summed E-state index contributed by atoms with van der Waals surface area (Å²) in [6, 6.07) is 10.8. The molecular formula is C41H60N4O14. The molecule has 18 nitrogen and oxygen atoms in total. The lowest BCUT2D eigenvalue weighted by Crippen LogP contribution is -2.18. The van der Waals surface area contributed by atoms with Gasteiger partial charge in [-0.2, -0.15) is 10.2 Å². The zero-order valence-electron chi connectivity index (χ0n) is 33.9. The molecule has 2 aromatic rings. The van der Waals surface area contributed by atoms with Gasteiger partial charge in [0.1, 0.15) is 26.4 Å². The topological polar surface area (TPSA) is 194 Å². The van der Waals surface area contributed by atoms with E-state index in [0.29, 0.717) is 186 Å². The van der Waals surface area contributed by atoms with Gasteiger partial charge in [0.25, 0.3) is 0 Å². The third-order valence-corrected chi connectivity index (χ3v) is 8.22. The minimum Gasteiger partial charge on any atom is -0.487 e. The lowest BCUT2D eigenvalue weighted by atomic mass is 10.1. The average molecular weight is 833 g/mol. The minimum absolute atomic E-state index is 0.228. The Labute approximate surface area is 346 Å². The van der Waals surface area contributed by atoms with Crippen molar-refractivity contribution >= 4 is 24.2 Å². The van der Waals surface area contributed by atoms with Gasteiger partial charge in [-0.05, 0) is 60.4 Å². The van der Waals surface area contributed by atoms with Gasteiger partial charge in [-0.1, -0.05) is 6.42 Å². The number of carbonyl (C=O) groups excluding carboxylic acids is 2. The molecule has 0 saturated carbocycles. The van der Waals surface area contributed by atoms with Crippen LogP contribution in [0.3, 0.4) is 0 Å². The highest BCUT2D eigenvalue weighted by atomic mass is 16.6. The molecule has 2 aliphatic rings. The van der Waals surface area contributed by atoms with Crippen LogP contribution in [-0.2, 0) is 47.5 Å². The molecule has 18 heteroatoms. The molecule has 2 heterocycles. The number of unbranched alkanes of at least 4 members (excludes halogenated alkanes) is 2. The number of nitrogens with one attached hydrogen (secondary N) is 2. The molecule has 59 heavy (non-hydrogen) atoms. The SMILES string of the molecule is O=C(CCCCCC(=O)N/N=C/c1ccc2c(c1)OCCOCCOCCOCCOCCO2)N/N=C/c1ccc2c(c1)OCCOCCOCCOCCOCCO2. The van der Waals surface area contributed by atoms with Crippen LogP contribution in [-0.4, -0.2) is 156 Å². The summed E-state index contributed by atoms with van der Waals surface area (Å²) in [7, 11) is 0. The average Bonchev–Trinajstić information content (AvgIpc) is 3.23. The fraction of sp³-hybridized carbons (Fsp3) is 0.610. The monoisotopic (exact) mass is 832 g/mol. The van der Waals surface area contributed by atoms with Crippen molar-refractivity contribution in [3.63, 3.8) is 0 Å². The smallest absolute Gasteiger partial charge is 0.240 e. The second-order valence-electron chi connectivity index (χ2n) is 12.9. The summed E-state index contributed by atoms with van der Waals surface area (Å²) >= 11 is 0. The number of hydrogen-bond donors (Lipinski definition) is 2. The van der Waals surface area contributed by atoms with Crippen LogP contribution >= 0.6 is 0 Å². The molecule has 2 N–H and O–H groups in total. The van der Waals surface area contributed by atoms with Gasteiger partial charge in [0.15, 0.2) is 23.0 Å². The van der Waals surface area contributed by atoms with E-state index in [-0.39, 0.29) is 24.7 Å².